The van der Waals surface area contributed by atoms with Gasteiger partial charge in [0, 0.05) is 5.56 Å². The molecule has 134 valence electrons. The predicted molar refractivity (Wildman–Crippen MR) is 102 cm³/mol. The first kappa shape index (κ1) is 17.7. The molecule has 0 aliphatic heterocycles. The molecule has 2 N–H and O–H groups in total. The van der Waals surface area contributed by atoms with E-state index in [0.29, 0.717) is 28.2 Å². The molecule has 7 nitrogen and oxygen atoms in total. The quantitative estimate of drug-likeness (QED) is 0.677. The first-order valence-electron chi connectivity index (χ1n) is 7.97. The lowest BCUT2D eigenvalue weighted by Gasteiger charge is -2.09. The van der Waals surface area contributed by atoms with Crippen LogP contribution in [0.4, 0.5) is 15.6 Å². The van der Waals surface area contributed by atoms with Gasteiger partial charge >= 0.3 is 6.03 Å². The van der Waals surface area contributed by atoms with Crippen molar-refractivity contribution in [2.45, 2.75) is 6.92 Å². The molecule has 0 aliphatic rings. The molecule has 0 atom stereocenters. The third-order valence-electron chi connectivity index (χ3n) is 3.41. The normalized spacial score (nSPS) is 10.2. The Kier molecular flexibility index (Phi) is 5.65. The Morgan fingerprint density at radius 2 is 1.85 bits per heavy atom. The van der Waals surface area contributed by atoms with Gasteiger partial charge in [-0.3, -0.25) is 5.32 Å². The Morgan fingerprint density at radius 1 is 1.08 bits per heavy atom. The summed E-state index contributed by atoms with van der Waals surface area (Å²) in [7, 11) is 1.55. The van der Waals surface area contributed by atoms with Crippen molar-refractivity contribution in [3.63, 3.8) is 0 Å². The molecule has 0 radical (unpaired) electrons. The fourth-order valence-electron chi connectivity index (χ4n) is 2.25. The second kappa shape index (κ2) is 8.30. The monoisotopic (exact) mass is 370 g/mol. The summed E-state index contributed by atoms with van der Waals surface area (Å²) in [5.41, 5.74) is 1.48. The molecule has 1 heterocycles. The van der Waals surface area contributed by atoms with Crippen LogP contribution in [-0.4, -0.2) is 29.9 Å². The minimum Gasteiger partial charge on any atom is -0.495 e. The van der Waals surface area contributed by atoms with E-state index in [4.69, 9.17) is 9.47 Å². The molecular formula is C18H18N4O3S. The van der Waals surface area contributed by atoms with Crippen molar-refractivity contribution >= 4 is 28.2 Å². The number of hydrogen-bond donors (Lipinski definition) is 2. The number of urea groups is 1. The number of carbonyl (C=O) groups excluding carboxylic acids is 1. The van der Waals surface area contributed by atoms with Crippen LogP contribution in [0, 0.1) is 0 Å². The summed E-state index contributed by atoms with van der Waals surface area (Å²) in [5, 5.41) is 14.6. The van der Waals surface area contributed by atoms with Gasteiger partial charge in [0.15, 0.2) is 0 Å². The van der Waals surface area contributed by atoms with E-state index >= 15 is 0 Å². The van der Waals surface area contributed by atoms with Crippen LogP contribution >= 0.6 is 11.3 Å². The number of rotatable bonds is 6. The van der Waals surface area contributed by atoms with Crippen LogP contribution in [0.5, 0.6) is 11.5 Å². The maximum absolute atomic E-state index is 12.2. The summed E-state index contributed by atoms with van der Waals surface area (Å²) >= 11 is 1.29. The van der Waals surface area contributed by atoms with Crippen molar-refractivity contribution in [2.75, 3.05) is 24.4 Å². The molecule has 0 unspecified atom stereocenters. The van der Waals surface area contributed by atoms with Gasteiger partial charge in [-0.2, -0.15) is 0 Å². The molecule has 0 bridgehead atoms. The lowest BCUT2D eigenvalue weighted by atomic mass is 10.2. The number of nitrogens with zero attached hydrogens (tertiary/aromatic N) is 2. The lowest BCUT2D eigenvalue weighted by molar-refractivity contribution is 0.262. The van der Waals surface area contributed by atoms with Crippen LogP contribution in [0.2, 0.25) is 0 Å². The third-order valence-corrected chi connectivity index (χ3v) is 4.30. The Bertz CT molecular complexity index is 880. The van der Waals surface area contributed by atoms with Gasteiger partial charge in [-0.25, -0.2) is 4.79 Å². The first-order chi connectivity index (χ1) is 12.7. The average molecular weight is 370 g/mol. The molecule has 26 heavy (non-hydrogen) atoms. The number of benzene rings is 2. The van der Waals surface area contributed by atoms with E-state index in [1.54, 1.807) is 19.2 Å². The van der Waals surface area contributed by atoms with Crippen LogP contribution in [-0.2, 0) is 0 Å². The van der Waals surface area contributed by atoms with E-state index < -0.39 is 6.03 Å². The van der Waals surface area contributed by atoms with E-state index in [-0.39, 0.29) is 0 Å². The largest absolute Gasteiger partial charge is 0.495 e. The predicted octanol–water partition coefficient (Wildman–Crippen LogP) is 4.26. The van der Waals surface area contributed by atoms with Crippen molar-refractivity contribution in [2.24, 2.45) is 0 Å². The van der Waals surface area contributed by atoms with Crippen LogP contribution in [0.15, 0.2) is 48.5 Å². The minimum absolute atomic E-state index is 0.404. The van der Waals surface area contributed by atoms with Gasteiger partial charge in [-0.15, -0.1) is 10.2 Å². The molecule has 0 fully saturated rings. The molecule has 8 heteroatoms. The Balaban J connectivity index is 1.65. The second-order valence-electron chi connectivity index (χ2n) is 5.15. The van der Waals surface area contributed by atoms with Crippen LogP contribution < -0.4 is 20.1 Å². The van der Waals surface area contributed by atoms with Gasteiger partial charge in [0.05, 0.1) is 19.4 Å². The fraction of sp³-hybridized carbons (Fsp3) is 0.167. The van der Waals surface area contributed by atoms with Gasteiger partial charge in [0.25, 0.3) is 0 Å². The highest BCUT2D eigenvalue weighted by molar-refractivity contribution is 7.18. The summed E-state index contributed by atoms with van der Waals surface area (Å²) in [4.78, 5) is 12.2. The van der Waals surface area contributed by atoms with Crippen molar-refractivity contribution in [3.05, 3.63) is 48.5 Å². The van der Waals surface area contributed by atoms with E-state index in [0.717, 1.165) is 11.3 Å². The van der Waals surface area contributed by atoms with Crippen molar-refractivity contribution < 1.29 is 14.3 Å². The molecular weight excluding hydrogens is 352 g/mol. The summed E-state index contributed by atoms with van der Waals surface area (Å²) in [6.45, 7) is 2.56. The van der Waals surface area contributed by atoms with E-state index in [1.807, 2.05) is 43.3 Å². The molecule has 0 aliphatic carbocycles. The van der Waals surface area contributed by atoms with Gasteiger partial charge in [-0.1, -0.05) is 23.5 Å². The molecule has 3 aromatic rings. The van der Waals surface area contributed by atoms with Gasteiger partial charge in [-0.05, 0) is 43.3 Å². The van der Waals surface area contributed by atoms with Gasteiger partial charge < -0.3 is 14.8 Å². The number of para-hydroxylation sites is 2. The highest BCUT2D eigenvalue weighted by Gasteiger charge is 2.11. The lowest BCUT2D eigenvalue weighted by Crippen LogP contribution is -2.19. The van der Waals surface area contributed by atoms with Crippen LogP contribution in [0.25, 0.3) is 10.6 Å². The van der Waals surface area contributed by atoms with E-state index in [9.17, 15) is 4.79 Å². The van der Waals surface area contributed by atoms with Crippen LogP contribution in [0.1, 0.15) is 6.92 Å². The topological polar surface area (TPSA) is 85.4 Å². The zero-order valence-electron chi connectivity index (χ0n) is 14.4. The first-order valence-corrected chi connectivity index (χ1v) is 8.79. The maximum Gasteiger partial charge on any atom is 0.325 e. The van der Waals surface area contributed by atoms with Crippen molar-refractivity contribution in [1.29, 1.82) is 0 Å². The summed E-state index contributed by atoms with van der Waals surface area (Å²) in [6, 6.07) is 14.3. The minimum atomic E-state index is -0.413. The summed E-state index contributed by atoms with van der Waals surface area (Å²) in [5.74, 6) is 1.38. The zero-order chi connectivity index (χ0) is 18.4. The van der Waals surface area contributed by atoms with Crippen molar-refractivity contribution in [1.82, 2.24) is 10.2 Å². The molecule has 0 saturated heterocycles. The number of hydrogen-bond acceptors (Lipinski definition) is 6. The number of carbonyl (C=O) groups is 1. The Hall–Kier alpha value is -3.13. The number of ether oxygens (including phenoxy) is 2. The number of amides is 2. The third kappa shape index (κ3) is 4.28. The van der Waals surface area contributed by atoms with Gasteiger partial charge in [0.2, 0.25) is 5.13 Å². The molecule has 1 aromatic heterocycles. The standard InChI is InChI=1S/C18H18N4O3S/c1-3-25-13-10-8-12(9-11-13)16-21-22-18(26-16)20-17(23)19-14-6-4-5-7-15(14)24-2/h4-11H,3H2,1-2H3,(H2,19,20,22,23). The number of anilines is 2. The zero-order valence-corrected chi connectivity index (χ0v) is 15.2. The number of nitrogens with one attached hydrogen (secondary N) is 2. The summed E-state index contributed by atoms with van der Waals surface area (Å²) in [6.07, 6.45) is 0. The Labute approximate surface area is 155 Å². The SMILES string of the molecule is CCOc1ccc(-c2nnc(NC(=O)Nc3ccccc3OC)s2)cc1. The smallest absolute Gasteiger partial charge is 0.325 e. The number of aromatic nitrogens is 2. The average Bonchev–Trinajstić information content (AvgIpc) is 3.11. The highest BCUT2D eigenvalue weighted by Crippen LogP contribution is 2.28. The van der Waals surface area contributed by atoms with E-state index in [1.165, 1.54) is 11.3 Å². The Morgan fingerprint density at radius 3 is 2.58 bits per heavy atom. The maximum atomic E-state index is 12.2. The summed E-state index contributed by atoms with van der Waals surface area (Å²) < 4.78 is 10.6. The second-order valence-corrected chi connectivity index (χ2v) is 6.13. The number of methoxy groups -OCH3 is 1. The van der Waals surface area contributed by atoms with Gasteiger partial charge in [0.1, 0.15) is 16.5 Å². The molecule has 2 amide bonds. The molecule has 0 saturated carbocycles. The fourth-order valence-corrected chi connectivity index (χ4v) is 2.99. The van der Waals surface area contributed by atoms with E-state index in [2.05, 4.69) is 20.8 Å². The molecule has 3 rings (SSSR count). The molecule has 0 spiro atoms. The van der Waals surface area contributed by atoms with Crippen LogP contribution in [0.3, 0.4) is 0 Å². The van der Waals surface area contributed by atoms with Crippen molar-refractivity contribution in [3.8, 4) is 22.1 Å². The molecule has 2 aromatic carbocycles. The highest BCUT2D eigenvalue weighted by atomic mass is 32.1.